The lowest BCUT2D eigenvalue weighted by atomic mass is 10.1. The van der Waals surface area contributed by atoms with Gasteiger partial charge in [0.1, 0.15) is 5.56 Å². The summed E-state index contributed by atoms with van der Waals surface area (Å²) in [6, 6.07) is 12.3. The molecule has 0 unspecified atom stereocenters. The van der Waals surface area contributed by atoms with Crippen molar-refractivity contribution in [1.82, 2.24) is 14.9 Å². The van der Waals surface area contributed by atoms with E-state index in [-0.39, 0.29) is 12.1 Å². The topological polar surface area (TPSA) is 125 Å². The summed E-state index contributed by atoms with van der Waals surface area (Å²) >= 11 is 0. The molecule has 37 heavy (non-hydrogen) atoms. The van der Waals surface area contributed by atoms with E-state index in [2.05, 4.69) is 16.4 Å². The molecule has 1 N–H and O–H groups in total. The van der Waals surface area contributed by atoms with E-state index in [1.165, 1.54) is 0 Å². The predicted octanol–water partition coefficient (Wildman–Crippen LogP) is 2.52. The third-order valence-electron chi connectivity index (χ3n) is 8.11. The summed E-state index contributed by atoms with van der Waals surface area (Å²) in [4.78, 5) is 32.9. The second kappa shape index (κ2) is 8.15. The van der Waals surface area contributed by atoms with Gasteiger partial charge in [-0.3, -0.25) is 9.59 Å². The average molecular weight is 518 g/mol. The molecule has 1 aromatic carbocycles. The highest BCUT2D eigenvalue weighted by atomic mass is 32.2. The highest BCUT2D eigenvalue weighted by molar-refractivity contribution is 7.94. The smallest absolute Gasteiger partial charge is 0.264 e. The molecule has 0 saturated heterocycles. The number of pyridine rings is 2. The van der Waals surface area contributed by atoms with Crippen molar-refractivity contribution in [1.29, 1.82) is 5.26 Å². The van der Waals surface area contributed by atoms with E-state index in [9.17, 15) is 18.0 Å². The first kappa shape index (κ1) is 23.7. The van der Waals surface area contributed by atoms with Crippen molar-refractivity contribution in [3.05, 3.63) is 69.6 Å². The molecule has 0 spiro atoms. The van der Waals surface area contributed by atoms with E-state index in [1.54, 1.807) is 47.2 Å². The lowest BCUT2D eigenvalue weighted by molar-refractivity contribution is 0.0949. The molecular weight excluding hydrogens is 490 g/mol. The van der Waals surface area contributed by atoms with E-state index in [0.29, 0.717) is 54.8 Å². The Morgan fingerprint density at radius 2 is 1.86 bits per heavy atom. The summed E-state index contributed by atoms with van der Waals surface area (Å²) in [5.74, 6) is 0.120. The zero-order valence-electron chi connectivity index (χ0n) is 20.5. The molecule has 2 aliphatic carbocycles. The number of hydrogen-bond acceptors (Lipinski definition) is 7. The van der Waals surface area contributed by atoms with Crippen molar-refractivity contribution >= 4 is 32.5 Å². The van der Waals surface area contributed by atoms with Gasteiger partial charge in [-0.15, -0.1) is 0 Å². The number of carbonyl (C=O) groups is 1. The van der Waals surface area contributed by atoms with Gasteiger partial charge in [-0.25, -0.2) is 13.4 Å². The van der Waals surface area contributed by atoms with Crippen LogP contribution in [0.3, 0.4) is 0 Å². The highest BCUT2D eigenvalue weighted by Crippen LogP contribution is 2.56. The number of hydrogen-bond donors (Lipinski definition) is 1. The minimum absolute atomic E-state index is 0.0506. The molecule has 2 aromatic heterocycles. The third kappa shape index (κ3) is 3.72. The fourth-order valence-electron chi connectivity index (χ4n) is 5.34. The van der Waals surface area contributed by atoms with E-state index in [4.69, 9.17) is 5.26 Å². The standard InChI is InChI=1S/C27H27N5O4S/c1-26(7-8-26)37(35,36)27(9-10-27)17-31-12-13-32-22-20(6-11-29-23(22)31)14-21(25(32)34)24(33)30-16-19-4-2-18(15-28)3-5-19/h2-6,11,14H,7-10,12-13,16-17H2,1H3,(H,30,33). The Balaban J connectivity index is 1.28. The predicted molar refractivity (Wildman–Crippen MR) is 139 cm³/mol. The Labute approximate surface area is 214 Å². The molecular formula is C27H27N5O4S. The average Bonchev–Trinajstić information content (AvgIpc) is 3.84. The molecule has 2 fully saturated rings. The van der Waals surface area contributed by atoms with E-state index >= 15 is 0 Å². The lowest BCUT2D eigenvalue weighted by Crippen LogP contribution is -2.47. The van der Waals surface area contributed by atoms with Gasteiger partial charge in [0.15, 0.2) is 15.7 Å². The fraction of sp³-hybridized carbons (Fsp3) is 0.407. The number of nitrogens with one attached hydrogen (secondary N) is 1. The first-order valence-electron chi connectivity index (χ1n) is 12.5. The van der Waals surface area contributed by atoms with Crippen LogP contribution in [-0.4, -0.2) is 46.5 Å². The van der Waals surface area contributed by atoms with Crippen molar-refractivity contribution in [2.24, 2.45) is 0 Å². The van der Waals surface area contributed by atoms with Crippen LogP contribution in [0, 0.1) is 11.3 Å². The maximum absolute atomic E-state index is 13.4. The number of anilines is 1. The minimum atomic E-state index is -3.27. The first-order chi connectivity index (χ1) is 17.7. The number of benzene rings is 1. The summed E-state index contributed by atoms with van der Waals surface area (Å²) in [5, 5.41) is 12.4. The quantitative estimate of drug-likeness (QED) is 0.510. The van der Waals surface area contributed by atoms with Crippen molar-refractivity contribution < 1.29 is 13.2 Å². The summed E-state index contributed by atoms with van der Waals surface area (Å²) in [6.45, 7) is 3.24. The van der Waals surface area contributed by atoms with Crippen molar-refractivity contribution in [2.75, 3.05) is 18.0 Å². The molecule has 10 heteroatoms. The zero-order chi connectivity index (χ0) is 26.0. The first-order valence-corrected chi connectivity index (χ1v) is 14.0. The number of nitrogens with zero attached hydrogens (tertiary/aromatic N) is 4. The zero-order valence-corrected chi connectivity index (χ0v) is 21.3. The van der Waals surface area contributed by atoms with Gasteiger partial charge in [-0.05, 0) is 62.4 Å². The van der Waals surface area contributed by atoms with Crippen LogP contribution in [0.15, 0.2) is 47.4 Å². The largest absolute Gasteiger partial charge is 0.351 e. The summed E-state index contributed by atoms with van der Waals surface area (Å²) in [5.41, 5.74) is 1.65. The second-order valence-electron chi connectivity index (χ2n) is 10.6. The minimum Gasteiger partial charge on any atom is -0.351 e. The van der Waals surface area contributed by atoms with Crippen LogP contribution in [0.25, 0.3) is 10.9 Å². The number of rotatable bonds is 7. The summed E-state index contributed by atoms with van der Waals surface area (Å²) in [6.07, 6.45) is 4.39. The van der Waals surface area contributed by atoms with Crippen LogP contribution in [0.2, 0.25) is 0 Å². The lowest BCUT2D eigenvalue weighted by Gasteiger charge is -2.34. The third-order valence-corrected chi connectivity index (χ3v) is 11.5. The Bertz CT molecular complexity index is 1650. The van der Waals surface area contributed by atoms with Crippen LogP contribution in [-0.2, 0) is 22.9 Å². The molecule has 9 nitrogen and oxygen atoms in total. The van der Waals surface area contributed by atoms with Gasteiger partial charge in [-0.1, -0.05) is 12.1 Å². The maximum Gasteiger partial charge on any atom is 0.264 e. The van der Waals surface area contributed by atoms with E-state index in [1.807, 2.05) is 11.8 Å². The van der Waals surface area contributed by atoms with Gasteiger partial charge in [0.25, 0.3) is 11.5 Å². The van der Waals surface area contributed by atoms with Gasteiger partial charge < -0.3 is 14.8 Å². The maximum atomic E-state index is 13.4. The van der Waals surface area contributed by atoms with Crippen molar-refractivity contribution in [3.63, 3.8) is 0 Å². The van der Waals surface area contributed by atoms with Gasteiger partial charge >= 0.3 is 0 Å². The Morgan fingerprint density at radius 1 is 1.14 bits per heavy atom. The van der Waals surface area contributed by atoms with Crippen LogP contribution in [0.4, 0.5) is 5.82 Å². The normalized spacial score (nSPS) is 18.8. The molecule has 3 aromatic rings. The molecule has 190 valence electrons. The molecule has 3 aliphatic rings. The number of carbonyl (C=O) groups excluding carboxylic acids is 1. The van der Waals surface area contributed by atoms with Gasteiger partial charge in [0, 0.05) is 37.8 Å². The highest BCUT2D eigenvalue weighted by Gasteiger charge is 2.65. The molecule has 0 atom stereocenters. The van der Waals surface area contributed by atoms with E-state index in [0.717, 1.165) is 18.4 Å². The number of amides is 1. The van der Waals surface area contributed by atoms with Gasteiger partial charge in [0.2, 0.25) is 0 Å². The van der Waals surface area contributed by atoms with Gasteiger partial charge in [0.05, 0.1) is 26.6 Å². The second-order valence-corrected chi connectivity index (χ2v) is 13.5. The fourth-order valence-corrected chi connectivity index (χ4v) is 7.99. The summed E-state index contributed by atoms with van der Waals surface area (Å²) < 4.78 is 27.0. The number of aromatic nitrogens is 2. The Kier molecular flexibility index (Phi) is 5.21. The SMILES string of the molecule is CC1(S(=O)(=O)C2(CN3CCn4c(=O)c(C(=O)NCc5ccc(C#N)cc5)cc5ccnc3c54)CC2)CC1. The van der Waals surface area contributed by atoms with Crippen LogP contribution >= 0.6 is 0 Å². The Morgan fingerprint density at radius 3 is 2.51 bits per heavy atom. The van der Waals surface area contributed by atoms with E-state index < -0.39 is 30.8 Å². The van der Waals surface area contributed by atoms with Crippen LogP contribution < -0.4 is 15.8 Å². The molecule has 3 heterocycles. The molecule has 0 bridgehead atoms. The van der Waals surface area contributed by atoms with Crippen LogP contribution in [0.1, 0.15) is 54.1 Å². The molecule has 0 radical (unpaired) electrons. The summed E-state index contributed by atoms with van der Waals surface area (Å²) in [7, 11) is -3.27. The van der Waals surface area contributed by atoms with Gasteiger partial charge in [-0.2, -0.15) is 5.26 Å². The van der Waals surface area contributed by atoms with Crippen molar-refractivity contribution in [3.8, 4) is 6.07 Å². The molecule has 2 saturated carbocycles. The van der Waals surface area contributed by atoms with Crippen molar-refractivity contribution in [2.45, 2.75) is 55.2 Å². The monoisotopic (exact) mass is 517 g/mol. The molecule has 1 aliphatic heterocycles. The molecule has 6 rings (SSSR count). The Hall–Kier alpha value is -3.71. The molecule has 1 amide bonds. The van der Waals surface area contributed by atoms with Crippen LogP contribution in [0.5, 0.6) is 0 Å². The number of sulfone groups is 1. The number of nitriles is 1.